The van der Waals surface area contributed by atoms with Crippen LogP contribution in [-0.4, -0.2) is 4.98 Å². The van der Waals surface area contributed by atoms with Gasteiger partial charge in [-0.05, 0) is 28.9 Å². The quantitative estimate of drug-likeness (QED) is 0.662. The van der Waals surface area contributed by atoms with Crippen LogP contribution < -0.4 is 0 Å². The van der Waals surface area contributed by atoms with Gasteiger partial charge in [-0.3, -0.25) is 0 Å². The Kier molecular flexibility index (Phi) is 2.64. The molecule has 2 rings (SSSR count). The molecular formula is C10H5BrClF2N. The van der Waals surface area contributed by atoms with Crippen molar-refractivity contribution < 1.29 is 8.78 Å². The van der Waals surface area contributed by atoms with E-state index in [0.29, 0.717) is 5.69 Å². The van der Waals surface area contributed by atoms with Crippen LogP contribution in [0.1, 0.15) is 5.69 Å². The number of rotatable bonds is 0. The van der Waals surface area contributed by atoms with Crippen LogP contribution in [0.25, 0.3) is 10.9 Å². The third-order valence-electron chi connectivity index (χ3n) is 2.01. The second-order valence-corrected chi connectivity index (χ2v) is 4.32. The van der Waals surface area contributed by atoms with E-state index < -0.39 is 11.6 Å². The lowest BCUT2D eigenvalue weighted by molar-refractivity contribution is 0.586. The summed E-state index contributed by atoms with van der Waals surface area (Å²) in [6.07, 6.45) is 0. The predicted octanol–water partition coefficient (Wildman–Crippen LogP) is 4.24. The third-order valence-corrected chi connectivity index (χ3v) is 3.08. The van der Waals surface area contributed by atoms with Crippen molar-refractivity contribution in [3.8, 4) is 0 Å². The molecular weight excluding hydrogens is 287 g/mol. The summed E-state index contributed by atoms with van der Waals surface area (Å²) < 4.78 is 26.8. The Bertz CT molecular complexity index is 557. The molecule has 1 aromatic heterocycles. The molecule has 0 aliphatic heterocycles. The second kappa shape index (κ2) is 3.68. The van der Waals surface area contributed by atoms with Crippen LogP contribution in [0.15, 0.2) is 16.6 Å². The van der Waals surface area contributed by atoms with Gasteiger partial charge >= 0.3 is 0 Å². The largest absolute Gasteiger partial charge is 0.250 e. The topological polar surface area (TPSA) is 12.9 Å². The molecule has 1 nitrogen and oxygen atoms in total. The van der Waals surface area contributed by atoms with E-state index in [1.54, 1.807) is 13.0 Å². The van der Waals surface area contributed by atoms with E-state index in [1.807, 2.05) is 0 Å². The lowest BCUT2D eigenvalue weighted by Gasteiger charge is -2.06. The Labute approximate surface area is 98.2 Å². The molecule has 0 saturated carbocycles. The van der Waals surface area contributed by atoms with Crippen LogP contribution in [0.2, 0.25) is 5.02 Å². The number of hydrogen-bond acceptors (Lipinski definition) is 1. The van der Waals surface area contributed by atoms with Crippen molar-refractivity contribution in [2.75, 3.05) is 0 Å². The zero-order valence-corrected chi connectivity index (χ0v) is 9.96. The van der Waals surface area contributed by atoms with Crippen LogP contribution in [0, 0.1) is 18.6 Å². The first-order valence-electron chi connectivity index (χ1n) is 4.11. The lowest BCUT2D eigenvalue weighted by atomic mass is 10.2. The lowest BCUT2D eigenvalue weighted by Crippen LogP contribution is -1.92. The van der Waals surface area contributed by atoms with Crippen LogP contribution in [0.4, 0.5) is 8.78 Å². The summed E-state index contributed by atoms with van der Waals surface area (Å²) in [7, 11) is 0. The van der Waals surface area contributed by atoms with Gasteiger partial charge in [0.2, 0.25) is 0 Å². The minimum absolute atomic E-state index is 0.0771. The zero-order valence-electron chi connectivity index (χ0n) is 7.61. The monoisotopic (exact) mass is 291 g/mol. The van der Waals surface area contributed by atoms with Crippen LogP contribution in [-0.2, 0) is 0 Å². The molecule has 15 heavy (non-hydrogen) atoms. The zero-order chi connectivity index (χ0) is 11.2. The first-order chi connectivity index (χ1) is 7.00. The third kappa shape index (κ3) is 1.72. The van der Waals surface area contributed by atoms with Gasteiger partial charge in [-0.15, -0.1) is 0 Å². The highest BCUT2D eigenvalue weighted by molar-refractivity contribution is 9.10. The van der Waals surface area contributed by atoms with Gasteiger partial charge in [0.1, 0.15) is 11.3 Å². The number of pyridine rings is 1. The Morgan fingerprint density at radius 1 is 1.27 bits per heavy atom. The van der Waals surface area contributed by atoms with E-state index >= 15 is 0 Å². The highest BCUT2D eigenvalue weighted by Crippen LogP contribution is 2.33. The molecule has 0 unspecified atom stereocenters. The number of hydrogen-bond donors (Lipinski definition) is 0. The van der Waals surface area contributed by atoms with Gasteiger partial charge in [0.25, 0.3) is 0 Å². The maximum Gasteiger partial charge on any atom is 0.152 e. The SMILES string of the molecule is Cc1cc(Cl)c2c(Br)c(F)cc(F)c2n1. The smallest absolute Gasteiger partial charge is 0.152 e. The predicted molar refractivity (Wildman–Crippen MR) is 59.1 cm³/mol. The maximum absolute atomic E-state index is 13.4. The molecule has 0 radical (unpaired) electrons. The maximum atomic E-state index is 13.4. The molecule has 0 N–H and O–H groups in total. The normalized spacial score (nSPS) is 11.0. The van der Waals surface area contributed by atoms with Crippen LogP contribution >= 0.6 is 27.5 Å². The number of fused-ring (bicyclic) bond motifs is 1. The molecule has 0 saturated heterocycles. The fraction of sp³-hybridized carbons (Fsp3) is 0.100. The molecule has 0 aliphatic carbocycles. The number of benzene rings is 1. The highest BCUT2D eigenvalue weighted by atomic mass is 79.9. The van der Waals surface area contributed by atoms with Gasteiger partial charge in [0.15, 0.2) is 5.82 Å². The van der Waals surface area contributed by atoms with Crippen LogP contribution in [0.5, 0.6) is 0 Å². The van der Waals surface area contributed by atoms with E-state index in [2.05, 4.69) is 20.9 Å². The van der Waals surface area contributed by atoms with Crippen molar-refractivity contribution >= 4 is 38.4 Å². The summed E-state index contributed by atoms with van der Waals surface area (Å²) in [4.78, 5) is 3.98. The molecule has 5 heteroatoms. The minimum atomic E-state index is -0.712. The standard InChI is InChI=1S/C10H5BrClF2N/c1-4-2-5(12)8-9(11)6(13)3-7(14)10(8)15-4/h2-3H,1H3. The average molecular weight is 293 g/mol. The summed E-state index contributed by atoms with van der Waals surface area (Å²) in [5, 5.41) is 0.544. The first kappa shape index (κ1) is 10.8. The summed E-state index contributed by atoms with van der Waals surface area (Å²) in [5.41, 5.74) is 0.665. The van der Waals surface area contributed by atoms with E-state index in [1.165, 1.54) is 0 Å². The second-order valence-electron chi connectivity index (χ2n) is 3.12. The van der Waals surface area contributed by atoms with Crippen molar-refractivity contribution in [3.05, 3.63) is 39.0 Å². The van der Waals surface area contributed by atoms with Gasteiger partial charge in [-0.1, -0.05) is 11.6 Å². The van der Waals surface area contributed by atoms with Crippen molar-refractivity contribution in [2.24, 2.45) is 0 Å². The molecule has 2 aromatic rings. The fourth-order valence-electron chi connectivity index (χ4n) is 1.38. The molecule has 1 heterocycles. The van der Waals surface area contributed by atoms with E-state index in [9.17, 15) is 8.78 Å². The van der Waals surface area contributed by atoms with Gasteiger partial charge in [0, 0.05) is 17.1 Å². The van der Waals surface area contributed by atoms with Gasteiger partial charge in [-0.2, -0.15) is 0 Å². The Balaban J connectivity index is 3.03. The molecule has 0 atom stereocenters. The summed E-state index contributed by atoms with van der Waals surface area (Å²) in [5.74, 6) is -1.40. The van der Waals surface area contributed by atoms with Gasteiger partial charge in [0.05, 0.1) is 9.50 Å². The minimum Gasteiger partial charge on any atom is -0.250 e. The summed E-state index contributed by atoms with van der Waals surface area (Å²) >= 11 is 8.93. The number of halogens is 4. The van der Waals surface area contributed by atoms with Crippen molar-refractivity contribution in [3.63, 3.8) is 0 Å². The Morgan fingerprint density at radius 3 is 2.60 bits per heavy atom. The average Bonchev–Trinajstić information content (AvgIpc) is 2.13. The molecule has 0 aliphatic rings. The number of aromatic nitrogens is 1. The molecule has 0 fully saturated rings. The van der Waals surface area contributed by atoms with E-state index in [4.69, 9.17) is 11.6 Å². The molecule has 78 valence electrons. The number of aryl methyl sites for hydroxylation is 1. The van der Waals surface area contributed by atoms with Gasteiger partial charge in [-0.25, -0.2) is 13.8 Å². The first-order valence-corrected chi connectivity index (χ1v) is 5.28. The fourth-order valence-corrected chi connectivity index (χ4v) is 2.35. The van der Waals surface area contributed by atoms with Crippen molar-refractivity contribution in [1.29, 1.82) is 0 Å². The van der Waals surface area contributed by atoms with Gasteiger partial charge < -0.3 is 0 Å². The number of nitrogens with zero attached hydrogens (tertiary/aromatic N) is 1. The van der Waals surface area contributed by atoms with E-state index in [0.717, 1.165) is 6.07 Å². The van der Waals surface area contributed by atoms with Crippen molar-refractivity contribution in [1.82, 2.24) is 4.98 Å². The van der Waals surface area contributed by atoms with Crippen LogP contribution in [0.3, 0.4) is 0 Å². The summed E-state index contributed by atoms with van der Waals surface area (Å²) in [6, 6.07) is 2.35. The molecule has 0 amide bonds. The summed E-state index contributed by atoms with van der Waals surface area (Å²) in [6.45, 7) is 1.70. The Morgan fingerprint density at radius 2 is 1.93 bits per heavy atom. The highest BCUT2D eigenvalue weighted by Gasteiger charge is 2.14. The molecule has 1 aromatic carbocycles. The Hall–Kier alpha value is -0.740. The molecule has 0 bridgehead atoms. The van der Waals surface area contributed by atoms with E-state index in [-0.39, 0.29) is 20.4 Å². The molecule has 0 spiro atoms. The van der Waals surface area contributed by atoms with Crippen molar-refractivity contribution in [2.45, 2.75) is 6.92 Å².